The molecule has 2 amide bonds. The number of hydrogen-bond acceptors (Lipinski definition) is 8. The second kappa shape index (κ2) is 10.5. The Balaban J connectivity index is 1.59. The van der Waals surface area contributed by atoms with Crippen LogP contribution in [0.25, 0.3) is 10.8 Å². The molecule has 206 valence electrons. The number of fused-ring (bicyclic) bond motifs is 1. The number of carbonyl (C=O) groups excluding carboxylic acids is 3. The van der Waals surface area contributed by atoms with Gasteiger partial charge in [0.1, 0.15) is 29.0 Å². The predicted molar refractivity (Wildman–Crippen MR) is 140 cm³/mol. The number of hydrogen-bond donors (Lipinski definition) is 1. The molecule has 1 saturated carbocycles. The molecule has 1 saturated heterocycles. The molecule has 1 aromatic carbocycles. The fourth-order valence-electron chi connectivity index (χ4n) is 5.00. The molecule has 1 N–H and O–H groups in total. The van der Waals surface area contributed by atoms with E-state index in [9.17, 15) is 14.4 Å². The van der Waals surface area contributed by atoms with Gasteiger partial charge < -0.3 is 24.3 Å². The van der Waals surface area contributed by atoms with Crippen molar-refractivity contribution >= 4 is 40.3 Å². The number of methoxy groups -OCH3 is 2. The van der Waals surface area contributed by atoms with E-state index in [0.29, 0.717) is 40.3 Å². The van der Waals surface area contributed by atoms with E-state index in [0.717, 1.165) is 0 Å². The lowest BCUT2D eigenvalue weighted by atomic mass is 10.1. The Labute approximate surface area is 226 Å². The zero-order chi connectivity index (χ0) is 27.8. The smallest absolute Gasteiger partial charge is 0.411 e. The first-order valence-corrected chi connectivity index (χ1v) is 13.0. The lowest BCUT2D eigenvalue weighted by molar-refractivity contribution is -0.147. The maximum Gasteiger partial charge on any atom is 0.411 e. The summed E-state index contributed by atoms with van der Waals surface area (Å²) in [6.07, 6.45) is 1.75. The van der Waals surface area contributed by atoms with Crippen molar-refractivity contribution in [3.63, 3.8) is 0 Å². The summed E-state index contributed by atoms with van der Waals surface area (Å²) in [5, 5.41) is 4.68. The highest BCUT2D eigenvalue weighted by Gasteiger charge is 2.62. The summed E-state index contributed by atoms with van der Waals surface area (Å²) in [6.45, 7) is 7.31. The van der Waals surface area contributed by atoms with Gasteiger partial charge in [-0.25, -0.2) is 14.6 Å². The molecule has 1 aliphatic carbocycles. The molecule has 10 nitrogen and oxygen atoms in total. The van der Waals surface area contributed by atoms with Gasteiger partial charge >= 0.3 is 12.1 Å². The number of nitrogens with zero attached hydrogens (tertiary/aromatic N) is 2. The summed E-state index contributed by atoms with van der Waals surface area (Å²) in [4.78, 5) is 44.9. The van der Waals surface area contributed by atoms with E-state index in [1.54, 1.807) is 45.2 Å². The molecule has 1 aromatic heterocycles. The molecular weight excluding hydrogens is 514 g/mol. The minimum atomic E-state index is -1.08. The average Bonchev–Trinajstić information content (AvgIpc) is 3.41. The van der Waals surface area contributed by atoms with Crippen molar-refractivity contribution in [3.05, 3.63) is 29.4 Å². The molecule has 0 spiro atoms. The van der Waals surface area contributed by atoms with Crippen molar-refractivity contribution in [3.8, 4) is 11.6 Å². The van der Waals surface area contributed by atoms with Crippen LogP contribution in [0.3, 0.4) is 0 Å². The Kier molecular flexibility index (Phi) is 7.65. The highest BCUT2D eigenvalue weighted by atomic mass is 35.5. The first-order chi connectivity index (χ1) is 17.9. The molecule has 2 fully saturated rings. The molecule has 0 bridgehead atoms. The van der Waals surface area contributed by atoms with Gasteiger partial charge in [-0.1, -0.05) is 24.9 Å². The summed E-state index contributed by atoms with van der Waals surface area (Å²) in [6, 6.07) is 4.37. The van der Waals surface area contributed by atoms with Crippen LogP contribution in [0, 0.1) is 5.92 Å². The summed E-state index contributed by atoms with van der Waals surface area (Å²) in [5.74, 6) is -0.123. The highest BCUT2D eigenvalue weighted by molar-refractivity contribution is 6.37. The fraction of sp³-hybridized carbons (Fsp3) is 0.556. The largest absolute Gasteiger partial charge is 0.495 e. The zero-order valence-electron chi connectivity index (χ0n) is 22.5. The molecule has 1 aliphatic heterocycles. The number of esters is 1. The van der Waals surface area contributed by atoms with Gasteiger partial charge in [0, 0.05) is 23.4 Å². The molecule has 0 radical (unpaired) electrons. The quantitative estimate of drug-likeness (QED) is 0.515. The Hall–Kier alpha value is -3.27. The molecule has 38 heavy (non-hydrogen) atoms. The molecule has 2 aliphatic rings. The SMILES string of the molecule is CCC1CC1(NC(=O)C1CC(Oc2nccc3c(Cl)c(OC)ccc23)CN1C(=O)OC(C)(C)C)C(=O)OC. The minimum absolute atomic E-state index is 0.0241. The maximum atomic E-state index is 13.5. The monoisotopic (exact) mass is 547 g/mol. The summed E-state index contributed by atoms with van der Waals surface area (Å²) < 4.78 is 22.1. The number of likely N-dealkylation sites (tertiary alicyclic amines) is 1. The van der Waals surface area contributed by atoms with Crippen LogP contribution in [0.2, 0.25) is 5.02 Å². The van der Waals surface area contributed by atoms with Crippen molar-refractivity contribution < 1.29 is 33.3 Å². The van der Waals surface area contributed by atoms with Crippen LogP contribution in [0.1, 0.15) is 47.0 Å². The van der Waals surface area contributed by atoms with E-state index in [2.05, 4.69) is 10.3 Å². The third-order valence-corrected chi connectivity index (χ3v) is 7.38. The van der Waals surface area contributed by atoms with Crippen LogP contribution < -0.4 is 14.8 Å². The van der Waals surface area contributed by atoms with Crippen LogP contribution in [0.5, 0.6) is 11.6 Å². The van der Waals surface area contributed by atoms with Crippen LogP contribution in [-0.2, 0) is 19.1 Å². The summed E-state index contributed by atoms with van der Waals surface area (Å²) in [5.41, 5.74) is -1.84. The van der Waals surface area contributed by atoms with Gasteiger partial charge in [0.25, 0.3) is 0 Å². The van der Waals surface area contributed by atoms with Crippen LogP contribution in [-0.4, -0.2) is 71.9 Å². The highest BCUT2D eigenvalue weighted by Crippen LogP contribution is 2.47. The Morgan fingerprint density at radius 2 is 1.92 bits per heavy atom. The molecule has 2 aromatic rings. The molecule has 4 rings (SSSR count). The van der Waals surface area contributed by atoms with E-state index in [1.165, 1.54) is 19.1 Å². The van der Waals surface area contributed by atoms with Crippen LogP contribution >= 0.6 is 11.6 Å². The average molecular weight is 548 g/mol. The first kappa shape index (κ1) is 27.8. The molecule has 11 heteroatoms. The number of carbonyl (C=O) groups is 3. The Bertz CT molecular complexity index is 1250. The summed E-state index contributed by atoms with van der Waals surface area (Å²) in [7, 11) is 2.84. The van der Waals surface area contributed by atoms with Gasteiger partial charge in [0.15, 0.2) is 0 Å². The second-order valence-electron chi connectivity index (χ2n) is 10.7. The van der Waals surface area contributed by atoms with Gasteiger partial charge in [-0.2, -0.15) is 0 Å². The maximum absolute atomic E-state index is 13.5. The van der Waals surface area contributed by atoms with E-state index < -0.39 is 41.3 Å². The minimum Gasteiger partial charge on any atom is -0.495 e. The second-order valence-corrected chi connectivity index (χ2v) is 11.1. The topological polar surface area (TPSA) is 116 Å². The standard InChI is InChI=1S/C27H34ClN3O7/c1-7-15-13-27(15,24(33)36-6)30-22(32)19-12-16(14-31(19)25(34)38-26(2,3)4)37-23-18-8-9-20(35-5)21(28)17(18)10-11-29-23/h8-11,15-16,19H,7,12-14H2,1-6H3,(H,30,32). The van der Waals surface area contributed by atoms with E-state index in [4.69, 9.17) is 30.5 Å². The number of benzene rings is 1. The Morgan fingerprint density at radius 3 is 2.53 bits per heavy atom. The lowest BCUT2D eigenvalue weighted by Gasteiger charge is -2.28. The van der Waals surface area contributed by atoms with Crippen LogP contribution in [0.15, 0.2) is 24.4 Å². The van der Waals surface area contributed by atoms with Crippen molar-refractivity contribution in [1.82, 2.24) is 15.2 Å². The Morgan fingerprint density at radius 1 is 1.18 bits per heavy atom. The summed E-state index contributed by atoms with van der Waals surface area (Å²) >= 11 is 6.48. The van der Waals surface area contributed by atoms with Crippen molar-refractivity contribution in [1.29, 1.82) is 0 Å². The predicted octanol–water partition coefficient (Wildman–Crippen LogP) is 4.11. The number of aromatic nitrogens is 1. The number of nitrogens with one attached hydrogen (secondary N) is 1. The van der Waals surface area contributed by atoms with Gasteiger partial charge in [-0.15, -0.1) is 0 Å². The van der Waals surface area contributed by atoms with Crippen molar-refractivity contribution in [2.24, 2.45) is 5.92 Å². The number of amides is 2. The number of ether oxygens (including phenoxy) is 4. The molecule has 2 heterocycles. The first-order valence-electron chi connectivity index (χ1n) is 12.6. The zero-order valence-corrected chi connectivity index (χ0v) is 23.3. The third-order valence-electron chi connectivity index (χ3n) is 6.99. The molecule has 4 atom stereocenters. The van der Waals surface area contributed by atoms with Gasteiger partial charge in [0.05, 0.1) is 25.8 Å². The molecule has 4 unspecified atom stereocenters. The fourth-order valence-corrected chi connectivity index (χ4v) is 5.30. The normalized spacial score (nSPS) is 24.6. The van der Waals surface area contributed by atoms with Gasteiger partial charge in [-0.3, -0.25) is 9.69 Å². The molecular formula is C27H34ClN3O7. The van der Waals surface area contributed by atoms with E-state index in [1.807, 2.05) is 6.92 Å². The number of rotatable bonds is 7. The third kappa shape index (κ3) is 5.32. The van der Waals surface area contributed by atoms with Crippen LogP contribution in [0.4, 0.5) is 4.79 Å². The van der Waals surface area contributed by atoms with E-state index >= 15 is 0 Å². The van der Waals surface area contributed by atoms with Crippen molar-refractivity contribution in [2.45, 2.75) is 70.2 Å². The number of pyridine rings is 1. The van der Waals surface area contributed by atoms with Gasteiger partial charge in [0.2, 0.25) is 11.8 Å². The lowest BCUT2D eigenvalue weighted by Crippen LogP contribution is -2.53. The number of halogens is 1. The van der Waals surface area contributed by atoms with Crippen molar-refractivity contribution in [2.75, 3.05) is 20.8 Å². The van der Waals surface area contributed by atoms with E-state index in [-0.39, 0.29) is 18.9 Å². The van der Waals surface area contributed by atoms with Gasteiger partial charge in [-0.05, 0) is 51.3 Å².